The zero-order valence-electron chi connectivity index (χ0n) is 40.7. The van der Waals surface area contributed by atoms with Gasteiger partial charge in [-0.3, -0.25) is 14.4 Å². The molecule has 0 saturated carbocycles. The monoisotopic (exact) mass is 857 g/mol. The van der Waals surface area contributed by atoms with Gasteiger partial charge in [-0.05, 0) is 57.8 Å². The predicted molar refractivity (Wildman–Crippen MR) is 261 cm³/mol. The molecular weight excluding hydrogens is 757 g/mol. The minimum absolute atomic E-state index is 0.0797. The fourth-order valence-electron chi connectivity index (χ4n) is 7.63. The molecule has 0 bridgehead atoms. The fourth-order valence-corrected chi connectivity index (χ4v) is 7.63. The largest absolute Gasteiger partial charge is 0.462 e. The van der Waals surface area contributed by atoms with E-state index in [1.54, 1.807) is 0 Å². The summed E-state index contributed by atoms with van der Waals surface area (Å²) in [5.74, 6) is -0.906. The van der Waals surface area contributed by atoms with E-state index >= 15 is 0 Å². The lowest BCUT2D eigenvalue weighted by Crippen LogP contribution is -2.30. The summed E-state index contributed by atoms with van der Waals surface area (Å²) in [4.78, 5) is 38.0. The second-order valence-electron chi connectivity index (χ2n) is 17.8. The molecule has 356 valence electrons. The summed E-state index contributed by atoms with van der Waals surface area (Å²) in [6.45, 7) is 6.60. The van der Waals surface area contributed by atoms with Gasteiger partial charge in [0.05, 0.1) is 0 Å². The van der Waals surface area contributed by atoms with Crippen LogP contribution in [0.5, 0.6) is 0 Å². The molecule has 0 unspecified atom stereocenters. The zero-order chi connectivity index (χ0) is 44.4. The van der Waals surface area contributed by atoms with E-state index in [0.717, 1.165) is 70.6 Å². The summed E-state index contributed by atoms with van der Waals surface area (Å²) in [5.41, 5.74) is 0. The quantitative estimate of drug-likeness (QED) is 0.0262. The Kier molecular flexibility index (Phi) is 48.3. The van der Waals surface area contributed by atoms with Crippen LogP contribution in [0.4, 0.5) is 0 Å². The summed E-state index contributed by atoms with van der Waals surface area (Å²) in [5, 5.41) is 0. The topological polar surface area (TPSA) is 78.9 Å². The lowest BCUT2D eigenvalue weighted by Gasteiger charge is -2.18. The van der Waals surface area contributed by atoms with Crippen LogP contribution in [0.1, 0.15) is 278 Å². The SMILES string of the molecule is CCCCC/C=C\C/C=C\C/C=C\CCCCC(=O)OC[C@H](COC(=O)CCCCCCCCCCCCCCCCC)OC(=O)CCCCCCCCCCCCCCC. The van der Waals surface area contributed by atoms with Crippen molar-refractivity contribution in [2.45, 2.75) is 284 Å². The molecule has 0 fully saturated rings. The number of unbranched alkanes of at least 4 members (excludes halogenated alkanes) is 31. The highest BCUT2D eigenvalue weighted by molar-refractivity contribution is 5.71. The minimum Gasteiger partial charge on any atom is -0.462 e. The lowest BCUT2D eigenvalue weighted by molar-refractivity contribution is -0.167. The molecule has 0 spiro atoms. The van der Waals surface area contributed by atoms with Crippen molar-refractivity contribution in [2.24, 2.45) is 0 Å². The van der Waals surface area contributed by atoms with Crippen LogP contribution < -0.4 is 0 Å². The van der Waals surface area contributed by atoms with Crippen molar-refractivity contribution in [1.82, 2.24) is 0 Å². The molecule has 0 aliphatic rings. The van der Waals surface area contributed by atoms with Crippen LogP contribution in [0.3, 0.4) is 0 Å². The molecule has 0 aromatic carbocycles. The molecule has 0 radical (unpaired) electrons. The first kappa shape index (κ1) is 58.6. The van der Waals surface area contributed by atoms with Crippen molar-refractivity contribution in [3.63, 3.8) is 0 Å². The van der Waals surface area contributed by atoms with E-state index < -0.39 is 6.10 Å². The molecule has 6 nitrogen and oxygen atoms in total. The average molecular weight is 857 g/mol. The van der Waals surface area contributed by atoms with Gasteiger partial charge in [-0.25, -0.2) is 0 Å². The Balaban J connectivity index is 4.39. The molecule has 0 saturated heterocycles. The van der Waals surface area contributed by atoms with Crippen molar-refractivity contribution < 1.29 is 28.6 Å². The van der Waals surface area contributed by atoms with Gasteiger partial charge in [0.1, 0.15) is 13.2 Å². The van der Waals surface area contributed by atoms with E-state index in [9.17, 15) is 14.4 Å². The second-order valence-corrected chi connectivity index (χ2v) is 17.8. The third-order valence-electron chi connectivity index (χ3n) is 11.6. The number of allylic oxidation sites excluding steroid dienone is 6. The van der Waals surface area contributed by atoms with Crippen LogP contribution in [0.15, 0.2) is 36.5 Å². The molecule has 0 aliphatic carbocycles. The molecule has 1 atom stereocenters. The van der Waals surface area contributed by atoms with Gasteiger partial charge in [-0.15, -0.1) is 0 Å². The fraction of sp³-hybridized carbons (Fsp3) is 0.836. The molecular formula is C55H100O6. The van der Waals surface area contributed by atoms with Crippen LogP contribution in [0, 0.1) is 0 Å². The van der Waals surface area contributed by atoms with E-state index in [0.29, 0.717) is 19.3 Å². The van der Waals surface area contributed by atoms with Gasteiger partial charge in [-0.1, -0.05) is 237 Å². The molecule has 0 aliphatic heterocycles. The molecule has 0 heterocycles. The molecule has 6 heteroatoms. The maximum Gasteiger partial charge on any atom is 0.306 e. The first-order valence-electron chi connectivity index (χ1n) is 26.5. The highest BCUT2D eigenvalue weighted by Gasteiger charge is 2.19. The molecule has 0 aromatic rings. The van der Waals surface area contributed by atoms with Gasteiger partial charge < -0.3 is 14.2 Å². The van der Waals surface area contributed by atoms with Gasteiger partial charge in [0, 0.05) is 19.3 Å². The summed E-state index contributed by atoms with van der Waals surface area (Å²) in [6, 6.07) is 0. The third-order valence-corrected chi connectivity index (χ3v) is 11.6. The molecule has 0 N–H and O–H groups in total. The summed E-state index contributed by atoms with van der Waals surface area (Å²) in [6.07, 6.45) is 58.4. The van der Waals surface area contributed by atoms with E-state index in [1.807, 2.05) is 0 Å². The van der Waals surface area contributed by atoms with Crippen molar-refractivity contribution in [2.75, 3.05) is 13.2 Å². The van der Waals surface area contributed by atoms with Crippen molar-refractivity contribution in [1.29, 1.82) is 0 Å². The minimum atomic E-state index is -0.782. The van der Waals surface area contributed by atoms with Gasteiger partial charge in [0.15, 0.2) is 6.10 Å². The van der Waals surface area contributed by atoms with Crippen LogP contribution in [-0.2, 0) is 28.6 Å². The number of hydrogen-bond donors (Lipinski definition) is 0. The highest BCUT2D eigenvalue weighted by Crippen LogP contribution is 2.16. The number of hydrogen-bond acceptors (Lipinski definition) is 6. The average Bonchev–Trinajstić information content (AvgIpc) is 3.26. The molecule has 0 aromatic heterocycles. The van der Waals surface area contributed by atoms with Gasteiger partial charge in [0.2, 0.25) is 0 Å². The van der Waals surface area contributed by atoms with Crippen molar-refractivity contribution >= 4 is 17.9 Å². The zero-order valence-corrected chi connectivity index (χ0v) is 40.7. The van der Waals surface area contributed by atoms with Gasteiger partial charge in [-0.2, -0.15) is 0 Å². The second kappa shape index (κ2) is 50.3. The normalized spacial score (nSPS) is 12.2. The Morgan fingerprint density at radius 1 is 0.328 bits per heavy atom. The summed E-state index contributed by atoms with van der Waals surface area (Å²) in [7, 11) is 0. The first-order valence-corrected chi connectivity index (χ1v) is 26.5. The Bertz CT molecular complexity index is 1030. The first-order chi connectivity index (χ1) is 30.0. The van der Waals surface area contributed by atoms with Crippen LogP contribution in [0.25, 0.3) is 0 Å². The third kappa shape index (κ3) is 48.5. The number of rotatable bonds is 48. The predicted octanol–water partition coefficient (Wildman–Crippen LogP) is 17.3. The maximum atomic E-state index is 12.8. The highest BCUT2D eigenvalue weighted by atomic mass is 16.6. The molecule has 0 amide bonds. The van der Waals surface area contributed by atoms with Crippen LogP contribution in [0.2, 0.25) is 0 Å². The van der Waals surface area contributed by atoms with Gasteiger partial charge >= 0.3 is 17.9 Å². The van der Waals surface area contributed by atoms with E-state index in [-0.39, 0.29) is 31.1 Å². The maximum absolute atomic E-state index is 12.8. The summed E-state index contributed by atoms with van der Waals surface area (Å²) >= 11 is 0. The Hall–Kier alpha value is -2.37. The van der Waals surface area contributed by atoms with E-state index in [1.165, 1.54) is 167 Å². The Morgan fingerprint density at radius 2 is 0.590 bits per heavy atom. The van der Waals surface area contributed by atoms with E-state index in [4.69, 9.17) is 14.2 Å². The Morgan fingerprint density at radius 3 is 0.951 bits per heavy atom. The van der Waals surface area contributed by atoms with Crippen LogP contribution >= 0.6 is 0 Å². The van der Waals surface area contributed by atoms with Crippen molar-refractivity contribution in [3.05, 3.63) is 36.5 Å². The van der Waals surface area contributed by atoms with Crippen LogP contribution in [-0.4, -0.2) is 37.2 Å². The number of carbonyl (C=O) groups excluding carboxylic acids is 3. The molecule has 61 heavy (non-hydrogen) atoms. The van der Waals surface area contributed by atoms with Gasteiger partial charge in [0.25, 0.3) is 0 Å². The summed E-state index contributed by atoms with van der Waals surface area (Å²) < 4.78 is 16.8. The van der Waals surface area contributed by atoms with E-state index in [2.05, 4.69) is 57.2 Å². The number of ether oxygens (including phenoxy) is 3. The standard InChI is InChI=1S/C55H100O6/c1-4-7-10-13-16-19-22-25-27-30-32-35-38-41-44-47-53(56)59-50-52(61-55(58)49-46-43-40-37-34-29-24-21-18-15-12-9-6-3)51-60-54(57)48-45-42-39-36-33-31-28-26-23-20-17-14-11-8-5-2/h16,19,25,27,32,35,52H,4-15,17-18,20-24,26,28-31,33-34,36-51H2,1-3H3/b19-16-,27-25-,35-32-/t52-/m1/s1. The van der Waals surface area contributed by atoms with Crippen molar-refractivity contribution in [3.8, 4) is 0 Å². The molecule has 0 rings (SSSR count). The Labute approximate surface area is 378 Å². The number of carbonyl (C=O) groups is 3. The lowest BCUT2D eigenvalue weighted by atomic mass is 10.0. The number of esters is 3. The smallest absolute Gasteiger partial charge is 0.306 e.